The van der Waals surface area contributed by atoms with Crippen LogP contribution in [0, 0.1) is 5.82 Å². The van der Waals surface area contributed by atoms with Crippen molar-refractivity contribution in [2.75, 3.05) is 11.9 Å². The van der Waals surface area contributed by atoms with Crippen LogP contribution in [0.3, 0.4) is 0 Å². The molecule has 1 aromatic rings. The van der Waals surface area contributed by atoms with Gasteiger partial charge in [-0.3, -0.25) is 0 Å². The third kappa shape index (κ3) is 5.89. The SMILES string of the molecule is C[C@@H](NC(=O)OC(C)(C)C)[C@H]1CCCCN1C(=O)Nc1ccc(F)cc1. The van der Waals surface area contributed by atoms with Gasteiger partial charge in [-0.25, -0.2) is 14.0 Å². The molecule has 26 heavy (non-hydrogen) atoms. The van der Waals surface area contributed by atoms with E-state index in [1.165, 1.54) is 24.3 Å². The molecule has 0 aliphatic carbocycles. The van der Waals surface area contributed by atoms with Gasteiger partial charge in [0, 0.05) is 18.3 Å². The summed E-state index contributed by atoms with van der Waals surface area (Å²) in [6.07, 6.45) is 2.21. The molecular weight excluding hydrogens is 337 g/mol. The lowest BCUT2D eigenvalue weighted by molar-refractivity contribution is 0.0465. The zero-order valence-corrected chi connectivity index (χ0v) is 15.8. The van der Waals surface area contributed by atoms with Crippen LogP contribution in [-0.2, 0) is 4.74 Å². The molecule has 2 rings (SSSR count). The van der Waals surface area contributed by atoms with Gasteiger partial charge in [-0.05, 0) is 71.2 Å². The maximum atomic E-state index is 13.0. The van der Waals surface area contributed by atoms with Gasteiger partial charge < -0.3 is 20.3 Å². The van der Waals surface area contributed by atoms with E-state index in [2.05, 4.69) is 10.6 Å². The lowest BCUT2D eigenvalue weighted by atomic mass is 9.97. The first kappa shape index (κ1) is 20.0. The fraction of sp³-hybridized carbons (Fsp3) is 0.579. The standard InChI is InChI=1S/C19H28FN3O3/c1-13(21-18(25)26-19(2,3)4)16-7-5-6-12-23(16)17(24)22-15-10-8-14(20)9-11-15/h8-11,13,16H,5-7,12H2,1-4H3,(H,21,25)(H,22,24)/t13-,16-/m1/s1. The van der Waals surface area contributed by atoms with E-state index < -0.39 is 11.7 Å². The third-order valence-corrected chi connectivity index (χ3v) is 4.23. The van der Waals surface area contributed by atoms with Crippen molar-refractivity contribution < 1.29 is 18.7 Å². The number of urea groups is 1. The molecule has 0 aromatic heterocycles. The maximum Gasteiger partial charge on any atom is 0.407 e. The number of piperidine rings is 1. The molecule has 0 radical (unpaired) electrons. The Kier molecular flexibility index (Phi) is 6.45. The minimum absolute atomic E-state index is 0.128. The Morgan fingerprint density at radius 1 is 1.23 bits per heavy atom. The highest BCUT2D eigenvalue weighted by Gasteiger charge is 2.32. The number of carbonyl (C=O) groups excluding carboxylic acids is 2. The second kappa shape index (κ2) is 8.38. The molecule has 1 fully saturated rings. The average molecular weight is 365 g/mol. The zero-order valence-electron chi connectivity index (χ0n) is 15.8. The molecule has 3 amide bonds. The summed E-state index contributed by atoms with van der Waals surface area (Å²) in [6.45, 7) is 7.90. The van der Waals surface area contributed by atoms with Gasteiger partial charge >= 0.3 is 12.1 Å². The number of nitrogens with one attached hydrogen (secondary N) is 2. The number of ether oxygens (including phenoxy) is 1. The van der Waals surface area contributed by atoms with Crippen molar-refractivity contribution in [3.8, 4) is 0 Å². The maximum absolute atomic E-state index is 13.0. The van der Waals surface area contributed by atoms with Crippen LogP contribution >= 0.6 is 0 Å². The number of likely N-dealkylation sites (tertiary alicyclic amines) is 1. The van der Waals surface area contributed by atoms with Crippen LogP contribution in [0.4, 0.5) is 19.7 Å². The molecule has 0 bridgehead atoms. The molecule has 0 spiro atoms. The van der Waals surface area contributed by atoms with Crippen molar-refractivity contribution in [1.82, 2.24) is 10.2 Å². The Morgan fingerprint density at radius 2 is 1.88 bits per heavy atom. The number of hydrogen-bond donors (Lipinski definition) is 2. The van der Waals surface area contributed by atoms with Gasteiger partial charge in [-0.1, -0.05) is 0 Å². The van der Waals surface area contributed by atoms with Crippen molar-refractivity contribution in [3.05, 3.63) is 30.1 Å². The number of anilines is 1. The molecule has 7 heteroatoms. The summed E-state index contributed by atoms with van der Waals surface area (Å²) >= 11 is 0. The highest BCUT2D eigenvalue weighted by molar-refractivity contribution is 5.89. The van der Waals surface area contributed by atoms with Crippen molar-refractivity contribution >= 4 is 17.8 Å². The van der Waals surface area contributed by atoms with Crippen LogP contribution in [0.25, 0.3) is 0 Å². The number of hydrogen-bond acceptors (Lipinski definition) is 3. The number of amides is 3. The quantitative estimate of drug-likeness (QED) is 0.846. The largest absolute Gasteiger partial charge is 0.444 e. The van der Waals surface area contributed by atoms with E-state index in [1.54, 1.807) is 25.7 Å². The summed E-state index contributed by atoms with van der Waals surface area (Å²) in [5.41, 5.74) is -0.0378. The van der Waals surface area contributed by atoms with Gasteiger partial charge in [0.1, 0.15) is 11.4 Å². The van der Waals surface area contributed by atoms with Crippen LogP contribution in [0.2, 0.25) is 0 Å². The van der Waals surface area contributed by atoms with E-state index in [9.17, 15) is 14.0 Å². The van der Waals surface area contributed by atoms with Crippen LogP contribution < -0.4 is 10.6 Å². The number of carbonyl (C=O) groups is 2. The predicted octanol–water partition coefficient (Wildman–Crippen LogP) is 4.13. The predicted molar refractivity (Wildman–Crippen MR) is 98.6 cm³/mol. The van der Waals surface area contributed by atoms with Crippen LogP contribution in [-0.4, -0.2) is 41.3 Å². The molecule has 0 saturated carbocycles. The topological polar surface area (TPSA) is 70.7 Å². The highest BCUT2D eigenvalue weighted by Crippen LogP contribution is 2.22. The molecule has 2 atom stereocenters. The van der Waals surface area contributed by atoms with E-state index >= 15 is 0 Å². The van der Waals surface area contributed by atoms with E-state index in [0.29, 0.717) is 12.2 Å². The summed E-state index contributed by atoms with van der Waals surface area (Å²) in [6, 6.07) is 5.02. The lowest BCUT2D eigenvalue weighted by Crippen LogP contribution is -2.55. The van der Waals surface area contributed by atoms with Crippen LogP contribution in [0.15, 0.2) is 24.3 Å². The van der Waals surface area contributed by atoms with Gasteiger partial charge in [0.15, 0.2) is 0 Å². The molecule has 1 aliphatic rings. The van der Waals surface area contributed by atoms with Gasteiger partial charge in [-0.2, -0.15) is 0 Å². The van der Waals surface area contributed by atoms with Crippen LogP contribution in [0.5, 0.6) is 0 Å². The minimum Gasteiger partial charge on any atom is -0.444 e. The first-order chi connectivity index (χ1) is 12.2. The van der Waals surface area contributed by atoms with Gasteiger partial charge in [0.2, 0.25) is 0 Å². The number of rotatable bonds is 3. The van der Waals surface area contributed by atoms with Gasteiger partial charge in [0.05, 0.1) is 6.04 Å². The van der Waals surface area contributed by atoms with Gasteiger partial charge in [-0.15, -0.1) is 0 Å². The Balaban J connectivity index is 2.00. The monoisotopic (exact) mass is 365 g/mol. The molecule has 1 heterocycles. The lowest BCUT2D eigenvalue weighted by Gasteiger charge is -2.39. The molecule has 1 aliphatic heterocycles. The second-order valence-electron chi connectivity index (χ2n) is 7.63. The first-order valence-electron chi connectivity index (χ1n) is 8.98. The average Bonchev–Trinajstić information content (AvgIpc) is 2.55. The smallest absolute Gasteiger partial charge is 0.407 e. The van der Waals surface area contributed by atoms with Crippen molar-refractivity contribution in [2.24, 2.45) is 0 Å². The van der Waals surface area contributed by atoms with E-state index in [-0.39, 0.29) is 23.9 Å². The Labute approximate surface area is 154 Å². The summed E-state index contributed by atoms with van der Waals surface area (Å²) in [5, 5.41) is 5.62. The fourth-order valence-corrected chi connectivity index (χ4v) is 3.05. The molecular formula is C19H28FN3O3. The molecule has 1 saturated heterocycles. The van der Waals surface area contributed by atoms with Crippen molar-refractivity contribution in [1.29, 1.82) is 0 Å². The highest BCUT2D eigenvalue weighted by atomic mass is 19.1. The van der Waals surface area contributed by atoms with E-state index in [0.717, 1.165) is 19.3 Å². The summed E-state index contributed by atoms with van der Waals surface area (Å²) in [4.78, 5) is 26.4. The number of alkyl carbamates (subject to hydrolysis) is 1. The summed E-state index contributed by atoms with van der Waals surface area (Å²) in [5.74, 6) is -0.353. The fourth-order valence-electron chi connectivity index (χ4n) is 3.05. The number of nitrogens with zero attached hydrogens (tertiary/aromatic N) is 1. The van der Waals surface area contributed by atoms with E-state index in [1.807, 2.05) is 6.92 Å². The van der Waals surface area contributed by atoms with Gasteiger partial charge in [0.25, 0.3) is 0 Å². The van der Waals surface area contributed by atoms with Crippen LogP contribution in [0.1, 0.15) is 47.0 Å². The minimum atomic E-state index is -0.573. The van der Waals surface area contributed by atoms with Crippen molar-refractivity contribution in [3.63, 3.8) is 0 Å². The molecule has 6 nitrogen and oxygen atoms in total. The van der Waals surface area contributed by atoms with Crippen molar-refractivity contribution in [2.45, 2.75) is 64.6 Å². The Bertz CT molecular complexity index is 628. The Morgan fingerprint density at radius 3 is 2.50 bits per heavy atom. The molecule has 2 N–H and O–H groups in total. The zero-order chi connectivity index (χ0) is 19.3. The molecule has 144 valence electrons. The van der Waals surface area contributed by atoms with E-state index in [4.69, 9.17) is 4.74 Å². The number of halogens is 1. The number of benzene rings is 1. The summed E-state index contributed by atoms with van der Waals surface area (Å²) < 4.78 is 18.3. The Hall–Kier alpha value is -2.31. The third-order valence-electron chi connectivity index (χ3n) is 4.23. The molecule has 0 unspecified atom stereocenters. The summed E-state index contributed by atoms with van der Waals surface area (Å²) in [7, 11) is 0. The molecule has 1 aromatic carbocycles. The second-order valence-corrected chi connectivity index (χ2v) is 7.63. The first-order valence-corrected chi connectivity index (χ1v) is 8.98. The normalized spacial score (nSPS) is 18.8.